The Hall–Kier alpha value is -0.870. The van der Waals surface area contributed by atoms with Gasteiger partial charge in [-0.05, 0) is 13.8 Å². The molecule has 1 heterocycles. The maximum atomic E-state index is 8.85. The van der Waals surface area contributed by atoms with Crippen LogP contribution in [0.15, 0.2) is 12.5 Å². The maximum Gasteiger partial charge on any atom is 0.0951 e. The van der Waals surface area contributed by atoms with Crippen molar-refractivity contribution in [3.63, 3.8) is 0 Å². The molecule has 0 fully saturated rings. The lowest BCUT2D eigenvalue weighted by Crippen LogP contribution is -2.19. The normalized spacial score (nSPS) is 13.8. The molecule has 0 amide bonds. The summed E-state index contributed by atoms with van der Waals surface area (Å²) in [5.74, 6) is 0. The van der Waals surface area contributed by atoms with Gasteiger partial charge >= 0.3 is 0 Å². The fourth-order valence-corrected chi connectivity index (χ4v) is 1.13. The van der Waals surface area contributed by atoms with Crippen LogP contribution in [-0.4, -0.2) is 21.3 Å². The molecule has 0 saturated heterocycles. The van der Waals surface area contributed by atoms with Crippen LogP contribution in [0.25, 0.3) is 0 Å². The highest BCUT2D eigenvalue weighted by Gasteiger charge is 2.11. The van der Waals surface area contributed by atoms with E-state index < -0.39 is 0 Å². The molecule has 1 unspecified atom stereocenters. The molecule has 1 atom stereocenters. The van der Waals surface area contributed by atoms with Crippen molar-refractivity contribution in [1.82, 2.24) is 9.55 Å². The lowest BCUT2D eigenvalue weighted by atomic mass is 10.2. The van der Waals surface area contributed by atoms with Crippen LogP contribution in [0, 0.1) is 0 Å². The molecular formula is C8H15N3O. The third-order valence-corrected chi connectivity index (χ3v) is 1.83. The largest absolute Gasteiger partial charge is 0.394 e. The molecule has 0 spiro atoms. The molecule has 0 aliphatic heterocycles. The maximum absolute atomic E-state index is 8.85. The van der Waals surface area contributed by atoms with Gasteiger partial charge in [-0.3, -0.25) is 0 Å². The fraction of sp³-hybridized carbons (Fsp3) is 0.625. The number of aliphatic hydroxyl groups excluding tert-OH is 1. The van der Waals surface area contributed by atoms with Gasteiger partial charge in [-0.2, -0.15) is 0 Å². The highest BCUT2D eigenvalue weighted by Crippen LogP contribution is 2.14. The summed E-state index contributed by atoms with van der Waals surface area (Å²) < 4.78 is 1.96. The molecule has 12 heavy (non-hydrogen) atoms. The average Bonchev–Trinajstić information content (AvgIpc) is 2.50. The number of hydrogen-bond donors (Lipinski definition) is 2. The fourth-order valence-electron chi connectivity index (χ4n) is 1.13. The van der Waals surface area contributed by atoms with Gasteiger partial charge in [0, 0.05) is 12.2 Å². The molecule has 0 aromatic carbocycles. The van der Waals surface area contributed by atoms with Crippen molar-refractivity contribution in [1.29, 1.82) is 0 Å². The summed E-state index contributed by atoms with van der Waals surface area (Å²) in [5.41, 5.74) is 6.55. The Morgan fingerprint density at radius 2 is 2.33 bits per heavy atom. The number of rotatable bonds is 3. The average molecular weight is 169 g/mol. The Bertz CT molecular complexity index is 244. The zero-order chi connectivity index (χ0) is 9.14. The van der Waals surface area contributed by atoms with Crippen molar-refractivity contribution < 1.29 is 5.11 Å². The van der Waals surface area contributed by atoms with Crippen LogP contribution < -0.4 is 5.73 Å². The first-order valence-corrected chi connectivity index (χ1v) is 4.05. The van der Waals surface area contributed by atoms with E-state index in [-0.39, 0.29) is 12.6 Å². The lowest BCUT2D eigenvalue weighted by Gasteiger charge is -2.14. The summed E-state index contributed by atoms with van der Waals surface area (Å²) >= 11 is 0. The molecule has 0 aliphatic carbocycles. The van der Waals surface area contributed by atoms with Gasteiger partial charge in [-0.15, -0.1) is 0 Å². The zero-order valence-corrected chi connectivity index (χ0v) is 7.44. The third kappa shape index (κ3) is 1.65. The first kappa shape index (κ1) is 9.22. The Kier molecular flexibility index (Phi) is 2.83. The second-order valence-electron chi connectivity index (χ2n) is 3.11. The molecule has 68 valence electrons. The van der Waals surface area contributed by atoms with Gasteiger partial charge in [0.05, 0.1) is 24.7 Å². The van der Waals surface area contributed by atoms with Gasteiger partial charge in [-0.1, -0.05) is 0 Å². The molecule has 4 nitrogen and oxygen atoms in total. The van der Waals surface area contributed by atoms with Crippen LogP contribution in [0.2, 0.25) is 0 Å². The molecule has 1 aromatic heterocycles. The second kappa shape index (κ2) is 3.69. The van der Waals surface area contributed by atoms with Gasteiger partial charge in [-0.25, -0.2) is 4.98 Å². The number of nitrogens with two attached hydrogens (primary N) is 1. The van der Waals surface area contributed by atoms with Gasteiger partial charge in [0.2, 0.25) is 0 Å². The van der Waals surface area contributed by atoms with Gasteiger partial charge in [0.15, 0.2) is 0 Å². The monoisotopic (exact) mass is 169 g/mol. The summed E-state index contributed by atoms with van der Waals surface area (Å²) in [5, 5.41) is 8.85. The Morgan fingerprint density at radius 3 is 2.83 bits per heavy atom. The molecule has 4 heteroatoms. The minimum atomic E-state index is -0.324. The summed E-state index contributed by atoms with van der Waals surface area (Å²) in [6.07, 6.45) is 3.43. The highest BCUT2D eigenvalue weighted by atomic mass is 16.3. The minimum absolute atomic E-state index is 0.0432. The van der Waals surface area contributed by atoms with Crippen LogP contribution in [0.5, 0.6) is 0 Å². The molecule has 1 rings (SSSR count). The van der Waals surface area contributed by atoms with E-state index in [0.717, 1.165) is 5.69 Å². The van der Waals surface area contributed by atoms with E-state index in [4.69, 9.17) is 10.8 Å². The van der Waals surface area contributed by atoms with E-state index in [2.05, 4.69) is 18.8 Å². The highest BCUT2D eigenvalue weighted by molar-refractivity contribution is 5.05. The quantitative estimate of drug-likeness (QED) is 0.690. The van der Waals surface area contributed by atoms with E-state index in [1.165, 1.54) is 0 Å². The Balaban J connectivity index is 2.91. The van der Waals surface area contributed by atoms with Crippen LogP contribution >= 0.6 is 0 Å². The van der Waals surface area contributed by atoms with E-state index in [1.807, 2.05) is 4.57 Å². The number of imidazole rings is 1. The minimum Gasteiger partial charge on any atom is -0.394 e. The lowest BCUT2D eigenvalue weighted by molar-refractivity contribution is 0.262. The van der Waals surface area contributed by atoms with Crippen molar-refractivity contribution in [2.45, 2.75) is 25.9 Å². The van der Waals surface area contributed by atoms with E-state index in [1.54, 1.807) is 12.5 Å². The zero-order valence-electron chi connectivity index (χ0n) is 7.44. The predicted octanol–water partition coefficient (Wildman–Crippen LogP) is 0.456. The first-order valence-electron chi connectivity index (χ1n) is 4.05. The van der Waals surface area contributed by atoms with Crippen LogP contribution in [0.1, 0.15) is 31.6 Å². The Morgan fingerprint density at radius 1 is 1.67 bits per heavy atom. The molecular weight excluding hydrogens is 154 g/mol. The molecule has 3 N–H and O–H groups in total. The smallest absolute Gasteiger partial charge is 0.0951 e. The number of aromatic nitrogens is 2. The van der Waals surface area contributed by atoms with Gasteiger partial charge in [0.25, 0.3) is 0 Å². The summed E-state index contributed by atoms with van der Waals surface area (Å²) in [7, 11) is 0. The number of nitrogens with zero attached hydrogens (tertiary/aromatic N) is 2. The van der Waals surface area contributed by atoms with Crippen LogP contribution in [0.3, 0.4) is 0 Å². The van der Waals surface area contributed by atoms with Crippen molar-refractivity contribution in [2.24, 2.45) is 5.73 Å². The van der Waals surface area contributed by atoms with E-state index in [0.29, 0.717) is 6.04 Å². The predicted molar refractivity (Wildman–Crippen MR) is 46.6 cm³/mol. The van der Waals surface area contributed by atoms with Crippen LogP contribution in [-0.2, 0) is 0 Å². The molecule has 0 aliphatic rings. The number of hydrogen-bond acceptors (Lipinski definition) is 3. The molecule has 1 aromatic rings. The van der Waals surface area contributed by atoms with Gasteiger partial charge < -0.3 is 15.4 Å². The third-order valence-electron chi connectivity index (χ3n) is 1.83. The molecule has 0 bridgehead atoms. The summed E-state index contributed by atoms with van der Waals surface area (Å²) in [6.45, 7) is 4.06. The van der Waals surface area contributed by atoms with Crippen molar-refractivity contribution in [3.8, 4) is 0 Å². The molecule has 0 saturated carbocycles. The number of aliphatic hydroxyl groups is 1. The SMILES string of the molecule is CC(C)n1cncc1C(N)CO. The van der Waals surface area contributed by atoms with E-state index in [9.17, 15) is 0 Å². The summed E-state index contributed by atoms with van der Waals surface area (Å²) in [6, 6.07) is 0.00926. The summed E-state index contributed by atoms with van der Waals surface area (Å²) in [4.78, 5) is 3.98. The van der Waals surface area contributed by atoms with Gasteiger partial charge in [0.1, 0.15) is 0 Å². The van der Waals surface area contributed by atoms with E-state index >= 15 is 0 Å². The molecule has 0 radical (unpaired) electrons. The topological polar surface area (TPSA) is 64.1 Å². The Labute approximate surface area is 72.0 Å². The van der Waals surface area contributed by atoms with Crippen LogP contribution in [0.4, 0.5) is 0 Å². The van der Waals surface area contributed by atoms with Crippen molar-refractivity contribution in [2.75, 3.05) is 6.61 Å². The second-order valence-corrected chi connectivity index (χ2v) is 3.11. The standard InChI is InChI=1S/C8H15N3O/c1-6(2)11-5-10-3-8(11)7(9)4-12/h3,5-7,12H,4,9H2,1-2H3. The van der Waals surface area contributed by atoms with Crippen molar-refractivity contribution >= 4 is 0 Å². The van der Waals surface area contributed by atoms with Crippen molar-refractivity contribution in [3.05, 3.63) is 18.2 Å². The first-order chi connectivity index (χ1) is 5.66.